The van der Waals surface area contributed by atoms with Gasteiger partial charge in [-0.15, -0.1) is 0 Å². The van der Waals surface area contributed by atoms with Gasteiger partial charge >= 0.3 is 0 Å². The van der Waals surface area contributed by atoms with Crippen LogP contribution in [0, 0.1) is 6.92 Å². The highest BCUT2D eigenvalue weighted by Gasteiger charge is 2.16. The molecule has 1 atom stereocenters. The van der Waals surface area contributed by atoms with E-state index >= 15 is 0 Å². The lowest BCUT2D eigenvalue weighted by Crippen LogP contribution is -2.27. The van der Waals surface area contributed by atoms with Crippen molar-refractivity contribution in [2.45, 2.75) is 44.8 Å². The van der Waals surface area contributed by atoms with E-state index in [0.29, 0.717) is 19.3 Å². The van der Waals surface area contributed by atoms with Gasteiger partial charge in [0.25, 0.3) is 0 Å². The Kier molecular flexibility index (Phi) is 5.67. The van der Waals surface area contributed by atoms with Crippen LogP contribution >= 0.6 is 15.9 Å². The Bertz CT molecular complexity index is 405. The number of anilines is 1. The third kappa shape index (κ3) is 4.79. The van der Waals surface area contributed by atoms with Crippen LogP contribution in [-0.4, -0.2) is 30.5 Å². The minimum atomic E-state index is -0.464. The van der Waals surface area contributed by atoms with Crippen molar-refractivity contribution in [1.29, 1.82) is 0 Å². The number of hydrogen-bond acceptors (Lipinski definition) is 3. The molecule has 1 unspecified atom stereocenters. The topological polar surface area (TPSA) is 41.5 Å². The number of aliphatic hydroxyl groups is 1. The van der Waals surface area contributed by atoms with Crippen molar-refractivity contribution >= 4 is 21.6 Å². The van der Waals surface area contributed by atoms with E-state index in [-0.39, 0.29) is 0 Å². The number of benzene rings is 1. The number of halogens is 1. The van der Waals surface area contributed by atoms with Gasteiger partial charge in [-0.3, -0.25) is 0 Å². The molecule has 0 aromatic heterocycles. The minimum Gasteiger partial charge on any atom is -0.389 e. The summed E-state index contributed by atoms with van der Waals surface area (Å²) in [6.45, 7) is 2.98. The van der Waals surface area contributed by atoms with Crippen molar-refractivity contribution in [1.82, 2.24) is 0 Å². The first kappa shape index (κ1) is 14.8. The lowest BCUT2D eigenvalue weighted by atomic mass is 10.2. The van der Waals surface area contributed by atoms with E-state index in [4.69, 9.17) is 4.74 Å². The summed E-state index contributed by atoms with van der Waals surface area (Å²) in [7, 11) is 0. The summed E-state index contributed by atoms with van der Waals surface area (Å²) in [5.41, 5.74) is 2.22. The van der Waals surface area contributed by atoms with Crippen LogP contribution in [-0.2, 0) is 4.74 Å². The molecular weight excluding hydrogens is 306 g/mol. The van der Waals surface area contributed by atoms with E-state index in [1.807, 2.05) is 6.07 Å². The normalized spacial score (nSPS) is 17.6. The number of ether oxygens (including phenoxy) is 1. The molecular formula is C15H22BrNO2. The molecule has 1 aromatic carbocycles. The van der Waals surface area contributed by atoms with E-state index in [0.717, 1.165) is 23.0 Å². The van der Waals surface area contributed by atoms with Crippen molar-refractivity contribution in [2.24, 2.45) is 0 Å². The molecule has 2 rings (SSSR count). The highest BCUT2D eigenvalue weighted by Crippen LogP contribution is 2.23. The maximum absolute atomic E-state index is 9.91. The Morgan fingerprint density at radius 2 is 2.16 bits per heavy atom. The molecule has 106 valence electrons. The summed E-state index contributed by atoms with van der Waals surface area (Å²) in [4.78, 5) is 0. The Balaban J connectivity index is 1.71. The van der Waals surface area contributed by atoms with Gasteiger partial charge in [0.1, 0.15) is 0 Å². The van der Waals surface area contributed by atoms with Crippen LogP contribution in [0.2, 0.25) is 0 Å². The monoisotopic (exact) mass is 327 g/mol. The molecule has 0 aliphatic heterocycles. The Morgan fingerprint density at radius 3 is 2.84 bits per heavy atom. The zero-order valence-electron chi connectivity index (χ0n) is 11.4. The Labute approximate surface area is 123 Å². The molecule has 0 bridgehead atoms. The fourth-order valence-corrected chi connectivity index (χ4v) is 2.99. The average molecular weight is 328 g/mol. The zero-order valence-corrected chi connectivity index (χ0v) is 12.9. The van der Waals surface area contributed by atoms with Crippen molar-refractivity contribution in [2.75, 3.05) is 18.5 Å². The SMILES string of the molecule is Cc1ccc(NCC(O)COC2CCCC2)c(Br)c1. The van der Waals surface area contributed by atoms with Gasteiger partial charge in [-0.1, -0.05) is 18.9 Å². The van der Waals surface area contributed by atoms with Crippen LogP contribution < -0.4 is 5.32 Å². The third-order valence-electron chi connectivity index (χ3n) is 3.48. The Hall–Kier alpha value is -0.580. The number of aryl methyl sites for hydroxylation is 1. The highest BCUT2D eigenvalue weighted by atomic mass is 79.9. The molecule has 1 saturated carbocycles. The van der Waals surface area contributed by atoms with Crippen molar-refractivity contribution < 1.29 is 9.84 Å². The fraction of sp³-hybridized carbons (Fsp3) is 0.600. The predicted molar refractivity (Wildman–Crippen MR) is 81.6 cm³/mol. The molecule has 0 amide bonds. The van der Waals surface area contributed by atoms with Gasteiger partial charge in [0.15, 0.2) is 0 Å². The largest absolute Gasteiger partial charge is 0.389 e. The summed E-state index contributed by atoms with van der Waals surface area (Å²) in [5, 5.41) is 13.2. The molecule has 0 heterocycles. The molecule has 4 heteroatoms. The molecule has 0 saturated heterocycles. The van der Waals surface area contributed by atoms with Gasteiger partial charge < -0.3 is 15.2 Å². The molecule has 2 N–H and O–H groups in total. The summed E-state index contributed by atoms with van der Waals surface area (Å²) >= 11 is 3.51. The number of aliphatic hydroxyl groups excluding tert-OH is 1. The van der Waals surface area contributed by atoms with Crippen LogP contribution in [0.5, 0.6) is 0 Å². The van der Waals surface area contributed by atoms with Gasteiger partial charge in [0.05, 0.1) is 18.8 Å². The molecule has 1 aliphatic rings. The van der Waals surface area contributed by atoms with Crippen LogP contribution in [0.25, 0.3) is 0 Å². The molecule has 0 radical (unpaired) electrons. The van der Waals surface area contributed by atoms with Gasteiger partial charge in [-0.2, -0.15) is 0 Å². The van der Waals surface area contributed by atoms with E-state index in [1.54, 1.807) is 0 Å². The zero-order chi connectivity index (χ0) is 13.7. The first-order valence-electron chi connectivity index (χ1n) is 6.95. The highest BCUT2D eigenvalue weighted by molar-refractivity contribution is 9.10. The summed E-state index contributed by atoms with van der Waals surface area (Å²) in [6, 6.07) is 6.13. The smallest absolute Gasteiger partial charge is 0.0945 e. The van der Waals surface area contributed by atoms with Gasteiger partial charge in [0.2, 0.25) is 0 Å². The first-order valence-corrected chi connectivity index (χ1v) is 7.74. The van der Waals surface area contributed by atoms with Crippen molar-refractivity contribution in [3.63, 3.8) is 0 Å². The molecule has 19 heavy (non-hydrogen) atoms. The molecule has 1 aliphatic carbocycles. The Morgan fingerprint density at radius 1 is 1.42 bits per heavy atom. The summed E-state index contributed by atoms with van der Waals surface area (Å²) in [6.07, 6.45) is 4.70. The number of nitrogens with one attached hydrogen (secondary N) is 1. The van der Waals surface area contributed by atoms with Crippen LogP contribution in [0.15, 0.2) is 22.7 Å². The van der Waals surface area contributed by atoms with Crippen molar-refractivity contribution in [3.8, 4) is 0 Å². The fourth-order valence-electron chi connectivity index (χ4n) is 2.35. The second-order valence-electron chi connectivity index (χ2n) is 5.26. The van der Waals surface area contributed by atoms with Gasteiger partial charge in [0, 0.05) is 16.7 Å². The molecule has 1 aromatic rings. The summed E-state index contributed by atoms with van der Waals surface area (Å²) < 4.78 is 6.73. The molecule has 1 fully saturated rings. The van der Waals surface area contributed by atoms with Crippen molar-refractivity contribution in [3.05, 3.63) is 28.2 Å². The summed E-state index contributed by atoms with van der Waals surface area (Å²) in [5.74, 6) is 0. The predicted octanol–water partition coefficient (Wildman–Crippen LogP) is 3.49. The lowest BCUT2D eigenvalue weighted by Gasteiger charge is -2.17. The van der Waals surface area contributed by atoms with E-state index in [1.165, 1.54) is 18.4 Å². The standard InChI is InChI=1S/C15H22BrNO2/c1-11-6-7-15(14(16)8-11)17-9-12(18)10-19-13-4-2-3-5-13/h6-8,12-13,17-18H,2-5,9-10H2,1H3. The van der Waals surface area contributed by atoms with Crippen LogP contribution in [0.4, 0.5) is 5.69 Å². The maximum Gasteiger partial charge on any atom is 0.0945 e. The first-order chi connectivity index (χ1) is 9.15. The van der Waals surface area contributed by atoms with Gasteiger partial charge in [-0.25, -0.2) is 0 Å². The second kappa shape index (κ2) is 7.27. The molecule has 0 spiro atoms. The van der Waals surface area contributed by atoms with Crippen LogP contribution in [0.1, 0.15) is 31.2 Å². The third-order valence-corrected chi connectivity index (χ3v) is 4.14. The van der Waals surface area contributed by atoms with E-state index < -0.39 is 6.10 Å². The van der Waals surface area contributed by atoms with Crippen LogP contribution in [0.3, 0.4) is 0 Å². The lowest BCUT2D eigenvalue weighted by molar-refractivity contribution is -0.00117. The second-order valence-corrected chi connectivity index (χ2v) is 6.11. The maximum atomic E-state index is 9.91. The quantitative estimate of drug-likeness (QED) is 0.840. The molecule has 3 nitrogen and oxygen atoms in total. The minimum absolute atomic E-state index is 0.362. The average Bonchev–Trinajstić information content (AvgIpc) is 2.88. The van der Waals surface area contributed by atoms with E-state index in [9.17, 15) is 5.11 Å². The number of hydrogen-bond donors (Lipinski definition) is 2. The van der Waals surface area contributed by atoms with Gasteiger partial charge in [-0.05, 0) is 53.4 Å². The number of rotatable bonds is 6. The van der Waals surface area contributed by atoms with E-state index in [2.05, 4.69) is 40.3 Å².